The van der Waals surface area contributed by atoms with Crippen molar-refractivity contribution in [2.45, 2.75) is 5.16 Å². The van der Waals surface area contributed by atoms with Gasteiger partial charge in [0, 0.05) is 35.3 Å². The summed E-state index contributed by atoms with van der Waals surface area (Å²) in [4.78, 5) is 16.9. The summed E-state index contributed by atoms with van der Waals surface area (Å²) in [6, 6.07) is 16.7. The van der Waals surface area contributed by atoms with Crippen molar-refractivity contribution >= 4 is 23.5 Å². The number of imidazole rings is 1. The van der Waals surface area contributed by atoms with Crippen molar-refractivity contribution in [3.63, 3.8) is 0 Å². The maximum atomic E-state index is 12.6. The van der Waals surface area contributed by atoms with E-state index in [1.165, 1.54) is 0 Å². The number of hydrogen-bond donors (Lipinski definition) is 2. The standard InChI is InChI=1S/C21H19N5O2S/c1-28-18-6-4-3-5-16(18)17-13-19(25-24-17)23-20(27)14-7-9-15(10-8-14)26-12-11-22-21(26)29-2/h3-13H,1-2H3,(H2,23,24,25,27). The Hall–Kier alpha value is -3.52. The van der Waals surface area contributed by atoms with Crippen LogP contribution in [0, 0.1) is 0 Å². The Kier molecular flexibility index (Phi) is 5.35. The maximum absolute atomic E-state index is 12.6. The zero-order valence-corrected chi connectivity index (χ0v) is 16.7. The number of para-hydroxylation sites is 1. The van der Waals surface area contributed by atoms with Crippen molar-refractivity contribution in [1.29, 1.82) is 0 Å². The number of nitrogens with zero attached hydrogens (tertiary/aromatic N) is 3. The van der Waals surface area contributed by atoms with Crippen LogP contribution in [0.15, 0.2) is 72.1 Å². The molecule has 4 rings (SSSR count). The minimum atomic E-state index is -0.231. The molecule has 4 aromatic rings. The molecule has 0 fully saturated rings. The van der Waals surface area contributed by atoms with Gasteiger partial charge >= 0.3 is 0 Å². The Balaban J connectivity index is 1.49. The van der Waals surface area contributed by atoms with Crippen LogP contribution in [0.25, 0.3) is 16.9 Å². The molecule has 0 atom stereocenters. The second kappa shape index (κ2) is 8.24. The van der Waals surface area contributed by atoms with Gasteiger partial charge in [0.15, 0.2) is 11.0 Å². The lowest BCUT2D eigenvalue weighted by Gasteiger charge is -2.07. The molecule has 0 aliphatic heterocycles. The highest BCUT2D eigenvalue weighted by molar-refractivity contribution is 7.98. The van der Waals surface area contributed by atoms with Gasteiger partial charge in [0.2, 0.25) is 0 Å². The second-order valence-electron chi connectivity index (χ2n) is 6.15. The number of carbonyl (C=O) groups is 1. The van der Waals surface area contributed by atoms with E-state index >= 15 is 0 Å². The summed E-state index contributed by atoms with van der Waals surface area (Å²) in [6.45, 7) is 0. The first-order valence-electron chi connectivity index (χ1n) is 8.87. The Morgan fingerprint density at radius 2 is 1.97 bits per heavy atom. The number of nitrogens with one attached hydrogen (secondary N) is 2. The molecule has 0 radical (unpaired) electrons. The fraction of sp³-hybridized carbons (Fsp3) is 0.0952. The molecule has 0 saturated carbocycles. The van der Waals surface area contributed by atoms with Crippen molar-refractivity contribution in [3.05, 3.63) is 72.6 Å². The number of amides is 1. The molecule has 0 bridgehead atoms. The summed E-state index contributed by atoms with van der Waals surface area (Å²) < 4.78 is 7.35. The van der Waals surface area contributed by atoms with E-state index in [9.17, 15) is 4.79 Å². The van der Waals surface area contributed by atoms with Crippen molar-refractivity contribution in [3.8, 4) is 22.7 Å². The first-order chi connectivity index (χ1) is 14.2. The number of rotatable bonds is 6. The predicted molar refractivity (Wildman–Crippen MR) is 114 cm³/mol. The van der Waals surface area contributed by atoms with E-state index in [4.69, 9.17) is 4.74 Å². The SMILES string of the molecule is COc1ccccc1-c1cc(NC(=O)c2ccc(-n3ccnc3SC)cc2)n[nH]1. The average Bonchev–Trinajstić information content (AvgIpc) is 3.43. The van der Waals surface area contributed by atoms with E-state index in [1.54, 1.807) is 43.3 Å². The van der Waals surface area contributed by atoms with E-state index in [-0.39, 0.29) is 5.91 Å². The van der Waals surface area contributed by atoms with E-state index < -0.39 is 0 Å². The Bertz CT molecular complexity index is 1130. The number of H-pyrrole nitrogens is 1. The molecule has 0 saturated heterocycles. The molecule has 1 amide bonds. The fourth-order valence-electron chi connectivity index (χ4n) is 2.99. The molecular formula is C21H19N5O2S. The molecule has 0 aliphatic rings. The highest BCUT2D eigenvalue weighted by Crippen LogP contribution is 2.29. The zero-order valence-electron chi connectivity index (χ0n) is 15.9. The van der Waals surface area contributed by atoms with Crippen LogP contribution < -0.4 is 10.1 Å². The van der Waals surface area contributed by atoms with Crippen LogP contribution in [-0.2, 0) is 0 Å². The number of benzene rings is 2. The number of methoxy groups -OCH3 is 1. The van der Waals surface area contributed by atoms with Crippen molar-refractivity contribution in [2.75, 3.05) is 18.7 Å². The van der Waals surface area contributed by atoms with Crippen molar-refractivity contribution in [2.24, 2.45) is 0 Å². The molecule has 2 heterocycles. The van der Waals surface area contributed by atoms with Crippen LogP contribution in [0.5, 0.6) is 5.75 Å². The Morgan fingerprint density at radius 1 is 1.17 bits per heavy atom. The number of aromatic nitrogens is 4. The van der Waals surface area contributed by atoms with Gasteiger partial charge < -0.3 is 10.1 Å². The van der Waals surface area contributed by atoms with E-state index in [0.29, 0.717) is 11.4 Å². The first-order valence-corrected chi connectivity index (χ1v) is 10.1. The van der Waals surface area contributed by atoms with E-state index in [1.807, 2.05) is 53.4 Å². The smallest absolute Gasteiger partial charge is 0.256 e. The molecular weight excluding hydrogens is 386 g/mol. The number of thioether (sulfide) groups is 1. The molecule has 146 valence electrons. The van der Waals surface area contributed by atoms with Gasteiger partial charge in [-0.25, -0.2) is 4.98 Å². The normalized spacial score (nSPS) is 10.7. The lowest BCUT2D eigenvalue weighted by molar-refractivity contribution is 0.102. The summed E-state index contributed by atoms with van der Waals surface area (Å²) in [5, 5.41) is 10.8. The molecule has 2 N–H and O–H groups in total. The largest absolute Gasteiger partial charge is 0.496 e. The first kappa shape index (κ1) is 18.8. The average molecular weight is 405 g/mol. The minimum Gasteiger partial charge on any atom is -0.496 e. The van der Waals surface area contributed by atoms with Crippen LogP contribution in [-0.4, -0.2) is 39.0 Å². The second-order valence-corrected chi connectivity index (χ2v) is 6.93. The van der Waals surface area contributed by atoms with Crippen molar-refractivity contribution < 1.29 is 9.53 Å². The topological polar surface area (TPSA) is 84.8 Å². The summed E-state index contributed by atoms with van der Waals surface area (Å²) in [5.41, 5.74) is 3.12. The van der Waals surface area contributed by atoms with Gasteiger partial charge in [-0.2, -0.15) is 5.10 Å². The quantitative estimate of drug-likeness (QED) is 0.469. The third kappa shape index (κ3) is 3.88. The number of hydrogen-bond acceptors (Lipinski definition) is 5. The molecule has 2 aromatic heterocycles. The number of aromatic amines is 1. The minimum absolute atomic E-state index is 0.231. The summed E-state index contributed by atoms with van der Waals surface area (Å²) in [7, 11) is 1.62. The molecule has 7 nitrogen and oxygen atoms in total. The third-order valence-corrected chi connectivity index (χ3v) is 5.08. The van der Waals surface area contributed by atoms with Crippen LogP contribution in [0.3, 0.4) is 0 Å². The molecule has 2 aromatic carbocycles. The van der Waals surface area contributed by atoms with E-state index in [0.717, 1.165) is 27.9 Å². The molecule has 0 aliphatic carbocycles. The fourth-order valence-corrected chi connectivity index (χ4v) is 3.52. The van der Waals surface area contributed by atoms with Crippen LogP contribution >= 0.6 is 11.8 Å². The third-order valence-electron chi connectivity index (χ3n) is 4.41. The van der Waals surface area contributed by atoms with Crippen LogP contribution in [0.2, 0.25) is 0 Å². The monoisotopic (exact) mass is 405 g/mol. The van der Waals surface area contributed by atoms with E-state index in [2.05, 4.69) is 20.5 Å². The van der Waals surface area contributed by atoms with Crippen LogP contribution in [0.1, 0.15) is 10.4 Å². The lowest BCUT2D eigenvalue weighted by atomic mass is 10.1. The van der Waals surface area contributed by atoms with Crippen LogP contribution in [0.4, 0.5) is 5.82 Å². The molecule has 0 unspecified atom stereocenters. The Labute approximate surface area is 172 Å². The Morgan fingerprint density at radius 3 is 2.72 bits per heavy atom. The maximum Gasteiger partial charge on any atom is 0.256 e. The number of ether oxygens (including phenoxy) is 1. The number of carbonyl (C=O) groups excluding carboxylic acids is 1. The van der Waals surface area contributed by atoms with Gasteiger partial charge in [0.25, 0.3) is 5.91 Å². The molecule has 8 heteroatoms. The summed E-state index contributed by atoms with van der Waals surface area (Å²) in [5.74, 6) is 0.943. The van der Waals surface area contributed by atoms with Gasteiger partial charge in [-0.15, -0.1) is 0 Å². The van der Waals surface area contributed by atoms with Crippen molar-refractivity contribution in [1.82, 2.24) is 19.7 Å². The highest BCUT2D eigenvalue weighted by Gasteiger charge is 2.12. The van der Waals surface area contributed by atoms with Gasteiger partial charge in [-0.3, -0.25) is 14.5 Å². The lowest BCUT2D eigenvalue weighted by Crippen LogP contribution is -2.12. The highest BCUT2D eigenvalue weighted by atomic mass is 32.2. The van der Waals surface area contributed by atoms with Gasteiger partial charge in [-0.1, -0.05) is 23.9 Å². The van der Waals surface area contributed by atoms with Gasteiger partial charge in [-0.05, 0) is 42.7 Å². The molecule has 0 spiro atoms. The predicted octanol–water partition coefficient (Wildman–Crippen LogP) is 4.25. The van der Waals surface area contributed by atoms with Gasteiger partial charge in [0.05, 0.1) is 12.8 Å². The summed E-state index contributed by atoms with van der Waals surface area (Å²) >= 11 is 1.56. The number of anilines is 1. The van der Waals surface area contributed by atoms with Gasteiger partial charge in [0.1, 0.15) is 5.75 Å². The zero-order chi connectivity index (χ0) is 20.2. The summed E-state index contributed by atoms with van der Waals surface area (Å²) in [6.07, 6.45) is 5.62. The molecule has 29 heavy (non-hydrogen) atoms.